The second-order valence-corrected chi connectivity index (χ2v) is 8.25. The Labute approximate surface area is 139 Å². The molecule has 0 bridgehead atoms. The Hall–Kier alpha value is -2.35. The minimum absolute atomic E-state index is 0.0209. The van der Waals surface area contributed by atoms with E-state index in [1.54, 1.807) is 30.8 Å². The van der Waals surface area contributed by atoms with E-state index in [9.17, 15) is 18.0 Å². The predicted molar refractivity (Wildman–Crippen MR) is 91.1 cm³/mol. The van der Waals surface area contributed by atoms with Crippen LogP contribution in [0.1, 0.15) is 12.1 Å². The molecule has 1 saturated heterocycles. The Morgan fingerprint density at radius 3 is 2.50 bits per heavy atom. The zero-order chi connectivity index (χ0) is 17.5. The normalized spacial score (nSPS) is 19.3. The van der Waals surface area contributed by atoms with Crippen LogP contribution in [0.5, 0.6) is 0 Å². The van der Waals surface area contributed by atoms with Gasteiger partial charge in [0.15, 0.2) is 9.84 Å². The summed E-state index contributed by atoms with van der Waals surface area (Å²) in [6.07, 6.45) is 0.299. The van der Waals surface area contributed by atoms with E-state index in [1.165, 1.54) is 4.68 Å². The van der Waals surface area contributed by atoms with Gasteiger partial charge < -0.3 is 5.32 Å². The smallest absolute Gasteiger partial charge is 0.295 e. The molecule has 128 valence electrons. The molecule has 1 fully saturated rings. The van der Waals surface area contributed by atoms with Gasteiger partial charge in [-0.2, -0.15) is 0 Å². The molecule has 1 aliphatic rings. The first-order valence-electron chi connectivity index (χ1n) is 7.65. The molecule has 1 aliphatic heterocycles. The van der Waals surface area contributed by atoms with E-state index < -0.39 is 21.7 Å². The van der Waals surface area contributed by atoms with Gasteiger partial charge in [-0.1, -0.05) is 18.2 Å². The van der Waals surface area contributed by atoms with Gasteiger partial charge >= 0.3 is 0 Å². The number of hydrogen-bond donors (Lipinski definition) is 1. The molecule has 2 aromatic rings. The van der Waals surface area contributed by atoms with E-state index in [0.29, 0.717) is 17.8 Å². The molecule has 2 heterocycles. The molecule has 1 unspecified atom stereocenters. The zero-order valence-corrected chi connectivity index (χ0v) is 14.3. The Morgan fingerprint density at radius 2 is 1.92 bits per heavy atom. The van der Waals surface area contributed by atoms with Crippen molar-refractivity contribution < 1.29 is 13.2 Å². The Morgan fingerprint density at radius 1 is 1.25 bits per heavy atom. The standard InChI is InChI=1S/C16H19N3O4S/c1-11-14(17-15(20)12-8-9-24(22,23)10-12)16(21)19(18(11)2)13-6-4-3-5-7-13/h3-7,12H,8-10H2,1-2H3,(H,17,20). The molecule has 1 aromatic carbocycles. The van der Waals surface area contributed by atoms with Crippen LogP contribution in [0.2, 0.25) is 0 Å². The molecular weight excluding hydrogens is 330 g/mol. The van der Waals surface area contributed by atoms with E-state index in [4.69, 9.17) is 0 Å². The third-order valence-corrected chi connectivity index (χ3v) is 6.17. The van der Waals surface area contributed by atoms with Crippen molar-refractivity contribution in [3.63, 3.8) is 0 Å². The van der Waals surface area contributed by atoms with Crippen molar-refractivity contribution in [3.05, 3.63) is 46.4 Å². The number of rotatable bonds is 3. The van der Waals surface area contributed by atoms with Crippen molar-refractivity contribution in [3.8, 4) is 5.69 Å². The number of nitrogens with one attached hydrogen (secondary N) is 1. The van der Waals surface area contributed by atoms with E-state index in [1.807, 2.05) is 18.2 Å². The van der Waals surface area contributed by atoms with Crippen molar-refractivity contribution in [2.75, 3.05) is 16.8 Å². The quantitative estimate of drug-likeness (QED) is 0.890. The van der Waals surface area contributed by atoms with Gasteiger partial charge in [0, 0.05) is 7.05 Å². The van der Waals surface area contributed by atoms with E-state index >= 15 is 0 Å². The second kappa shape index (κ2) is 5.94. The molecule has 1 aromatic heterocycles. The van der Waals surface area contributed by atoms with Crippen LogP contribution in [-0.2, 0) is 21.7 Å². The molecule has 0 saturated carbocycles. The van der Waals surface area contributed by atoms with Crippen LogP contribution in [-0.4, -0.2) is 35.2 Å². The summed E-state index contributed by atoms with van der Waals surface area (Å²) in [5, 5.41) is 2.63. The Kier molecular flexibility index (Phi) is 4.08. The number of aromatic nitrogens is 2. The summed E-state index contributed by atoms with van der Waals surface area (Å²) < 4.78 is 26.2. The highest BCUT2D eigenvalue weighted by atomic mass is 32.2. The lowest BCUT2D eigenvalue weighted by molar-refractivity contribution is -0.119. The van der Waals surface area contributed by atoms with Crippen LogP contribution in [0.25, 0.3) is 5.69 Å². The topological polar surface area (TPSA) is 90.2 Å². The average molecular weight is 349 g/mol. The molecule has 3 rings (SSSR count). The summed E-state index contributed by atoms with van der Waals surface area (Å²) >= 11 is 0. The first-order chi connectivity index (χ1) is 11.3. The Balaban J connectivity index is 1.93. The summed E-state index contributed by atoms with van der Waals surface area (Å²) in [6, 6.07) is 9.11. The van der Waals surface area contributed by atoms with Crippen LogP contribution in [0.4, 0.5) is 5.69 Å². The second-order valence-electron chi connectivity index (χ2n) is 6.03. The molecule has 0 aliphatic carbocycles. The zero-order valence-electron chi connectivity index (χ0n) is 13.5. The number of benzene rings is 1. The monoisotopic (exact) mass is 349 g/mol. The molecule has 1 atom stereocenters. The molecule has 24 heavy (non-hydrogen) atoms. The van der Waals surface area contributed by atoms with Crippen molar-refractivity contribution in [2.24, 2.45) is 13.0 Å². The first-order valence-corrected chi connectivity index (χ1v) is 9.47. The molecule has 0 spiro atoms. The highest BCUT2D eigenvalue weighted by Gasteiger charge is 2.33. The number of nitrogens with zero attached hydrogens (tertiary/aromatic N) is 2. The van der Waals surface area contributed by atoms with Crippen molar-refractivity contribution in [1.82, 2.24) is 9.36 Å². The fraction of sp³-hybridized carbons (Fsp3) is 0.375. The fourth-order valence-electron chi connectivity index (χ4n) is 2.94. The molecule has 1 N–H and O–H groups in total. The molecule has 1 amide bonds. The maximum atomic E-state index is 12.7. The number of para-hydroxylation sites is 1. The number of sulfone groups is 1. The number of carbonyl (C=O) groups excluding carboxylic acids is 1. The SMILES string of the molecule is Cc1c(NC(=O)C2CCS(=O)(=O)C2)c(=O)n(-c2ccccc2)n1C. The van der Waals surface area contributed by atoms with E-state index in [0.717, 1.165) is 0 Å². The largest absolute Gasteiger partial charge is 0.320 e. The van der Waals surface area contributed by atoms with Crippen LogP contribution < -0.4 is 10.9 Å². The van der Waals surface area contributed by atoms with Gasteiger partial charge in [0.05, 0.1) is 28.8 Å². The molecular formula is C16H19N3O4S. The lowest BCUT2D eigenvalue weighted by atomic mass is 10.1. The van der Waals surface area contributed by atoms with E-state index in [-0.39, 0.29) is 22.8 Å². The summed E-state index contributed by atoms with van der Waals surface area (Å²) in [4.78, 5) is 25.0. The van der Waals surface area contributed by atoms with Gasteiger partial charge in [-0.3, -0.25) is 14.3 Å². The van der Waals surface area contributed by atoms with Crippen molar-refractivity contribution in [1.29, 1.82) is 0 Å². The minimum atomic E-state index is -3.15. The first kappa shape index (κ1) is 16.5. The predicted octanol–water partition coefficient (Wildman–Crippen LogP) is 0.858. The minimum Gasteiger partial charge on any atom is -0.320 e. The van der Waals surface area contributed by atoms with Gasteiger partial charge in [-0.25, -0.2) is 13.1 Å². The van der Waals surface area contributed by atoms with Crippen LogP contribution >= 0.6 is 0 Å². The summed E-state index contributed by atoms with van der Waals surface area (Å²) in [5.41, 5.74) is 1.15. The summed E-state index contributed by atoms with van der Waals surface area (Å²) in [7, 11) is -1.41. The Bertz CT molecular complexity index is 942. The number of hydrogen-bond acceptors (Lipinski definition) is 4. The fourth-order valence-corrected chi connectivity index (χ4v) is 4.68. The maximum absolute atomic E-state index is 12.7. The van der Waals surface area contributed by atoms with Crippen molar-refractivity contribution in [2.45, 2.75) is 13.3 Å². The highest BCUT2D eigenvalue weighted by Crippen LogP contribution is 2.21. The van der Waals surface area contributed by atoms with Gasteiger partial charge in [0.2, 0.25) is 5.91 Å². The molecule has 8 heteroatoms. The van der Waals surface area contributed by atoms with E-state index in [2.05, 4.69) is 5.32 Å². The van der Waals surface area contributed by atoms with Crippen LogP contribution in [0.3, 0.4) is 0 Å². The molecule has 0 radical (unpaired) electrons. The van der Waals surface area contributed by atoms with Crippen LogP contribution in [0.15, 0.2) is 35.1 Å². The average Bonchev–Trinajstić information content (AvgIpc) is 3.01. The highest BCUT2D eigenvalue weighted by molar-refractivity contribution is 7.91. The van der Waals surface area contributed by atoms with Gasteiger partial charge in [-0.15, -0.1) is 0 Å². The van der Waals surface area contributed by atoms with Gasteiger partial charge in [-0.05, 0) is 25.5 Å². The third-order valence-electron chi connectivity index (χ3n) is 4.41. The van der Waals surface area contributed by atoms with Gasteiger partial charge in [0.25, 0.3) is 5.56 Å². The number of amides is 1. The van der Waals surface area contributed by atoms with Crippen LogP contribution in [0, 0.1) is 12.8 Å². The lowest BCUT2D eigenvalue weighted by Crippen LogP contribution is -2.27. The summed E-state index contributed by atoms with van der Waals surface area (Å²) in [6.45, 7) is 1.74. The van der Waals surface area contributed by atoms with Crippen molar-refractivity contribution >= 4 is 21.4 Å². The number of anilines is 1. The maximum Gasteiger partial charge on any atom is 0.295 e. The summed E-state index contributed by atoms with van der Waals surface area (Å²) in [5.74, 6) is -1.15. The third kappa shape index (κ3) is 2.89. The van der Waals surface area contributed by atoms with Gasteiger partial charge in [0.1, 0.15) is 5.69 Å². The molecule has 7 nitrogen and oxygen atoms in total. The lowest BCUT2D eigenvalue weighted by Gasteiger charge is -2.08. The number of carbonyl (C=O) groups is 1.